The van der Waals surface area contributed by atoms with Crippen molar-refractivity contribution < 1.29 is 33.3 Å². The summed E-state index contributed by atoms with van der Waals surface area (Å²) in [5.74, 6) is -6.09. The third-order valence-electron chi connectivity index (χ3n) is 7.14. The fourth-order valence-electron chi connectivity index (χ4n) is 5.10. The van der Waals surface area contributed by atoms with Crippen LogP contribution in [-0.4, -0.2) is 40.1 Å². The maximum absolute atomic E-state index is 14.6. The number of aliphatic hydroxyl groups is 2. The summed E-state index contributed by atoms with van der Waals surface area (Å²) in [6.45, 7) is 2.11. The van der Waals surface area contributed by atoms with Crippen LogP contribution in [0.5, 0.6) is 0 Å². The molecule has 2 N–H and O–H groups in total. The number of fused-ring (bicyclic) bond motifs is 1. The number of esters is 1. The van der Waals surface area contributed by atoms with Gasteiger partial charge in [0.05, 0.1) is 12.2 Å². The molecule has 1 saturated heterocycles. The van der Waals surface area contributed by atoms with Gasteiger partial charge >= 0.3 is 11.9 Å². The van der Waals surface area contributed by atoms with E-state index in [0.717, 1.165) is 12.0 Å². The third-order valence-corrected chi connectivity index (χ3v) is 7.14. The molecule has 0 radical (unpaired) electrons. The number of carbonyl (C=O) groups is 1. The molecule has 0 bridgehead atoms. The lowest BCUT2D eigenvalue weighted by Gasteiger charge is -2.44. The van der Waals surface area contributed by atoms with Crippen LogP contribution in [0.25, 0.3) is 0 Å². The van der Waals surface area contributed by atoms with E-state index in [1.165, 1.54) is 0 Å². The number of rotatable bonds is 12. The van der Waals surface area contributed by atoms with Gasteiger partial charge in [0.25, 0.3) is 0 Å². The molecular formula is C27H38F2O5. The molecule has 3 rings (SSSR count). The standard InChI is InChI=1S/C27H38F2O5/c1-2-3-16-26(28,29)27(32)17-15-22-21(23(30)18-24(22)34-27)13-9-4-5-10-14-25(31)33-19-20-11-7-6-8-12-20/h4,6-9,11-12,21-24,30,32H,2-3,5,10,13-19H2,1H3/b9-4-/t21-,22?,23+,24-,27-/m1/s1. The van der Waals surface area contributed by atoms with Crippen molar-refractivity contribution in [2.24, 2.45) is 11.8 Å². The van der Waals surface area contributed by atoms with E-state index >= 15 is 0 Å². The molecule has 1 aliphatic carbocycles. The summed E-state index contributed by atoms with van der Waals surface area (Å²) >= 11 is 0. The van der Waals surface area contributed by atoms with Crippen molar-refractivity contribution in [3.05, 3.63) is 48.0 Å². The van der Waals surface area contributed by atoms with E-state index in [2.05, 4.69) is 0 Å². The summed E-state index contributed by atoms with van der Waals surface area (Å²) in [5, 5.41) is 21.1. The molecule has 34 heavy (non-hydrogen) atoms. The molecule has 0 spiro atoms. The van der Waals surface area contributed by atoms with Crippen LogP contribution >= 0.6 is 0 Å². The van der Waals surface area contributed by atoms with Gasteiger partial charge in [0.15, 0.2) is 0 Å². The van der Waals surface area contributed by atoms with E-state index in [0.29, 0.717) is 38.5 Å². The Morgan fingerprint density at radius 2 is 2.03 bits per heavy atom. The van der Waals surface area contributed by atoms with Crippen LogP contribution in [0, 0.1) is 11.8 Å². The second kappa shape index (κ2) is 12.2. The number of hydrogen-bond acceptors (Lipinski definition) is 5. The fraction of sp³-hybridized carbons (Fsp3) is 0.667. The molecule has 1 aromatic carbocycles. The van der Waals surface area contributed by atoms with E-state index in [1.807, 2.05) is 49.4 Å². The predicted octanol–water partition coefficient (Wildman–Crippen LogP) is 5.54. The van der Waals surface area contributed by atoms with Crippen molar-refractivity contribution in [2.45, 2.75) is 102 Å². The SMILES string of the molecule is CCCCC(F)(F)[C@@]1(O)CCC2[C@@H](C/C=C\CCCC(=O)OCc3ccccc3)[C@@H](O)C[C@H]2O1. The first-order chi connectivity index (χ1) is 16.3. The van der Waals surface area contributed by atoms with Crippen molar-refractivity contribution in [1.29, 1.82) is 0 Å². The Labute approximate surface area is 201 Å². The quantitative estimate of drug-likeness (QED) is 0.234. The van der Waals surface area contributed by atoms with Crippen molar-refractivity contribution in [1.82, 2.24) is 0 Å². The highest BCUT2D eigenvalue weighted by atomic mass is 19.3. The van der Waals surface area contributed by atoms with Crippen molar-refractivity contribution in [3.8, 4) is 0 Å². The van der Waals surface area contributed by atoms with Crippen molar-refractivity contribution >= 4 is 5.97 Å². The number of alkyl halides is 2. The number of halogens is 2. The van der Waals surface area contributed by atoms with Crippen molar-refractivity contribution in [3.63, 3.8) is 0 Å². The lowest BCUT2D eigenvalue weighted by atomic mass is 9.82. The largest absolute Gasteiger partial charge is 0.461 e. The number of carbonyl (C=O) groups excluding carboxylic acids is 1. The Morgan fingerprint density at radius 3 is 2.76 bits per heavy atom. The number of benzene rings is 1. The zero-order chi connectivity index (χ0) is 24.6. The van der Waals surface area contributed by atoms with E-state index in [-0.39, 0.29) is 37.3 Å². The second-order valence-corrected chi connectivity index (χ2v) is 9.66. The van der Waals surface area contributed by atoms with Crippen LogP contribution in [0.2, 0.25) is 0 Å². The van der Waals surface area contributed by atoms with Crippen LogP contribution in [0.4, 0.5) is 8.78 Å². The second-order valence-electron chi connectivity index (χ2n) is 9.66. The highest BCUT2D eigenvalue weighted by Crippen LogP contribution is 2.50. The number of aliphatic hydroxyl groups excluding tert-OH is 1. The summed E-state index contributed by atoms with van der Waals surface area (Å²) < 4.78 is 40.0. The molecule has 190 valence electrons. The number of unbranched alkanes of at least 4 members (excludes halogenated alkanes) is 2. The van der Waals surface area contributed by atoms with Gasteiger partial charge in [-0.15, -0.1) is 0 Å². The Bertz CT molecular complexity index is 799. The summed E-state index contributed by atoms with van der Waals surface area (Å²) in [5.41, 5.74) is 0.957. The molecular weight excluding hydrogens is 442 g/mol. The molecule has 0 aromatic heterocycles. The van der Waals surface area contributed by atoms with Crippen LogP contribution in [-0.2, 0) is 20.9 Å². The van der Waals surface area contributed by atoms with Crippen LogP contribution in [0.1, 0.15) is 76.7 Å². The summed E-state index contributed by atoms with van der Waals surface area (Å²) in [7, 11) is 0. The van der Waals surface area contributed by atoms with Gasteiger partial charge in [-0.3, -0.25) is 4.79 Å². The zero-order valence-corrected chi connectivity index (χ0v) is 20.0. The van der Waals surface area contributed by atoms with Crippen LogP contribution in [0.3, 0.4) is 0 Å². The smallest absolute Gasteiger partial charge is 0.306 e. The first-order valence-corrected chi connectivity index (χ1v) is 12.6. The average molecular weight is 481 g/mol. The van der Waals surface area contributed by atoms with Gasteiger partial charge < -0.3 is 19.7 Å². The minimum atomic E-state index is -3.29. The monoisotopic (exact) mass is 480 g/mol. The molecule has 2 aliphatic rings. The molecule has 5 atom stereocenters. The van der Waals surface area contributed by atoms with Gasteiger partial charge in [-0.05, 0) is 49.5 Å². The van der Waals surface area contributed by atoms with Crippen LogP contribution < -0.4 is 0 Å². The number of allylic oxidation sites excluding steroid dienone is 2. The number of ether oxygens (including phenoxy) is 2. The molecule has 7 heteroatoms. The molecule has 1 heterocycles. The highest BCUT2D eigenvalue weighted by Gasteiger charge is 2.59. The van der Waals surface area contributed by atoms with Crippen LogP contribution in [0.15, 0.2) is 42.5 Å². The maximum Gasteiger partial charge on any atom is 0.306 e. The summed E-state index contributed by atoms with van der Waals surface area (Å²) in [6.07, 6.45) is 6.24. The predicted molar refractivity (Wildman–Crippen MR) is 125 cm³/mol. The molecule has 1 saturated carbocycles. The Morgan fingerprint density at radius 1 is 1.26 bits per heavy atom. The van der Waals surface area contributed by atoms with Gasteiger partial charge in [0, 0.05) is 25.7 Å². The fourth-order valence-corrected chi connectivity index (χ4v) is 5.10. The molecule has 0 amide bonds. The summed E-state index contributed by atoms with van der Waals surface area (Å²) in [6, 6.07) is 9.54. The molecule has 1 aliphatic heterocycles. The Kier molecular flexibility index (Phi) is 9.63. The van der Waals surface area contributed by atoms with Gasteiger partial charge in [-0.2, -0.15) is 0 Å². The summed E-state index contributed by atoms with van der Waals surface area (Å²) in [4.78, 5) is 11.9. The van der Waals surface area contributed by atoms with Gasteiger partial charge in [0.2, 0.25) is 5.79 Å². The Hall–Kier alpha value is -1.83. The van der Waals surface area contributed by atoms with Gasteiger partial charge in [0.1, 0.15) is 6.61 Å². The van der Waals surface area contributed by atoms with Gasteiger partial charge in [-0.1, -0.05) is 55.8 Å². The highest BCUT2D eigenvalue weighted by molar-refractivity contribution is 5.69. The average Bonchev–Trinajstić information content (AvgIpc) is 3.12. The molecule has 5 nitrogen and oxygen atoms in total. The van der Waals surface area contributed by atoms with E-state index in [4.69, 9.17) is 9.47 Å². The van der Waals surface area contributed by atoms with E-state index in [1.54, 1.807) is 0 Å². The first-order valence-electron chi connectivity index (χ1n) is 12.6. The minimum Gasteiger partial charge on any atom is -0.461 e. The normalized spacial score (nSPS) is 29.3. The molecule has 1 unspecified atom stereocenters. The molecule has 1 aromatic rings. The van der Waals surface area contributed by atoms with E-state index in [9.17, 15) is 23.8 Å². The Balaban J connectivity index is 1.38. The van der Waals surface area contributed by atoms with E-state index < -0.39 is 30.3 Å². The van der Waals surface area contributed by atoms with Crippen molar-refractivity contribution in [2.75, 3.05) is 0 Å². The minimum absolute atomic E-state index is 0.0464. The lowest BCUT2D eigenvalue weighted by Crippen LogP contribution is -2.55. The molecule has 2 fully saturated rings. The van der Waals surface area contributed by atoms with Gasteiger partial charge in [-0.25, -0.2) is 8.78 Å². The maximum atomic E-state index is 14.6. The third kappa shape index (κ3) is 6.86. The first kappa shape index (κ1) is 26.8. The zero-order valence-electron chi connectivity index (χ0n) is 20.0. The topological polar surface area (TPSA) is 76.0 Å². The number of hydrogen-bond donors (Lipinski definition) is 2. The lowest BCUT2D eigenvalue weighted by molar-refractivity contribution is -0.356.